The zero-order valence-corrected chi connectivity index (χ0v) is 20.6. The van der Waals surface area contributed by atoms with Crippen molar-refractivity contribution in [2.75, 3.05) is 0 Å². The molecule has 0 saturated heterocycles. The summed E-state index contributed by atoms with van der Waals surface area (Å²) in [5.41, 5.74) is 9.44. The van der Waals surface area contributed by atoms with Crippen LogP contribution in [0.4, 0.5) is 0 Å². The second kappa shape index (κ2) is 8.19. The molecule has 0 radical (unpaired) electrons. The van der Waals surface area contributed by atoms with Crippen LogP contribution < -0.4 is 0 Å². The molecular formula is C35H23N3. The fourth-order valence-electron chi connectivity index (χ4n) is 5.97. The maximum absolute atomic E-state index is 5.18. The molecule has 0 spiro atoms. The third-order valence-corrected chi connectivity index (χ3v) is 7.57. The van der Waals surface area contributed by atoms with Gasteiger partial charge in [-0.1, -0.05) is 109 Å². The number of pyridine rings is 2. The molecule has 3 nitrogen and oxygen atoms in total. The lowest BCUT2D eigenvalue weighted by Gasteiger charge is -2.14. The zero-order chi connectivity index (χ0) is 25.1. The lowest BCUT2D eigenvalue weighted by atomic mass is 10.0. The van der Waals surface area contributed by atoms with Crippen LogP contribution in [0.15, 0.2) is 140 Å². The molecule has 0 N–H and O–H groups in total. The Hall–Kier alpha value is -5.15. The molecule has 0 aliphatic rings. The van der Waals surface area contributed by atoms with Gasteiger partial charge in [-0.3, -0.25) is 4.57 Å². The number of hydrogen-bond donors (Lipinski definition) is 0. The topological polar surface area (TPSA) is 22.2 Å². The van der Waals surface area contributed by atoms with Crippen molar-refractivity contribution in [3.63, 3.8) is 0 Å². The van der Waals surface area contributed by atoms with Gasteiger partial charge in [0.05, 0.1) is 22.1 Å². The molecule has 0 aliphatic heterocycles. The number of fused-ring (bicyclic) bond motifs is 6. The molecular weight excluding hydrogens is 462 g/mol. The van der Waals surface area contributed by atoms with Gasteiger partial charge in [-0.2, -0.15) is 0 Å². The smallest absolute Gasteiger partial charge is 0.145 e. The average molecular weight is 486 g/mol. The first kappa shape index (κ1) is 21.0. The minimum atomic E-state index is 0.944. The van der Waals surface area contributed by atoms with E-state index in [9.17, 15) is 0 Å². The highest BCUT2D eigenvalue weighted by atomic mass is 15.1. The van der Waals surface area contributed by atoms with E-state index in [2.05, 4.69) is 143 Å². The summed E-state index contributed by atoms with van der Waals surface area (Å²) in [7, 11) is 0. The highest BCUT2D eigenvalue weighted by Gasteiger charge is 2.24. The molecule has 0 atom stereocenters. The van der Waals surface area contributed by atoms with Gasteiger partial charge < -0.3 is 4.40 Å². The van der Waals surface area contributed by atoms with Gasteiger partial charge in [0.1, 0.15) is 5.82 Å². The summed E-state index contributed by atoms with van der Waals surface area (Å²) in [6.07, 6.45) is 4.20. The first-order valence-corrected chi connectivity index (χ1v) is 12.9. The van der Waals surface area contributed by atoms with Crippen molar-refractivity contribution in [2.24, 2.45) is 0 Å². The van der Waals surface area contributed by atoms with E-state index in [0.29, 0.717) is 0 Å². The normalized spacial score (nSPS) is 11.7. The maximum Gasteiger partial charge on any atom is 0.145 e. The van der Waals surface area contributed by atoms with E-state index in [-0.39, 0.29) is 0 Å². The largest absolute Gasteiger partial charge is 0.314 e. The first-order valence-electron chi connectivity index (χ1n) is 12.9. The number of benzene rings is 4. The molecule has 4 aromatic carbocycles. The van der Waals surface area contributed by atoms with Gasteiger partial charge >= 0.3 is 0 Å². The van der Waals surface area contributed by atoms with E-state index in [1.807, 2.05) is 6.20 Å². The molecule has 0 fully saturated rings. The maximum atomic E-state index is 5.18. The van der Waals surface area contributed by atoms with Gasteiger partial charge in [0.2, 0.25) is 0 Å². The van der Waals surface area contributed by atoms with E-state index in [1.54, 1.807) is 0 Å². The molecule has 4 aromatic heterocycles. The fourth-order valence-corrected chi connectivity index (χ4v) is 5.97. The Kier molecular flexibility index (Phi) is 4.52. The Morgan fingerprint density at radius 3 is 1.87 bits per heavy atom. The summed E-state index contributed by atoms with van der Waals surface area (Å²) >= 11 is 0. The van der Waals surface area contributed by atoms with Crippen LogP contribution in [-0.4, -0.2) is 14.0 Å². The van der Waals surface area contributed by atoms with E-state index in [1.165, 1.54) is 44.0 Å². The SMILES string of the molecule is c1ccc(-c2cnc(-n3c4ccccc4c4c3c(-c3ccccc3)c3ccccn34)c3ccccc23)cc1. The van der Waals surface area contributed by atoms with Gasteiger partial charge in [0.25, 0.3) is 0 Å². The lowest BCUT2D eigenvalue weighted by molar-refractivity contribution is 1.10. The molecule has 0 amide bonds. The molecule has 8 rings (SSSR count). The predicted molar refractivity (Wildman–Crippen MR) is 158 cm³/mol. The van der Waals surface area contributed by atoms with Crippen molar-refractivity contribution in [3.05, 3.63) is 140 Å². The van der Waals surface area contributed by atoms with Crippen LogP contribution in [-0.2, 0) is 0 Å². The predicted octanol–water partition coefficient (Wildman–Crippen LogP) is 8.92. The first-order chi connectivity index (χ1) is 18.9. The van der Waals surface area contributed by atoms with Crippen molar-refractivity contribution in [1.82, 2.24) is 14.0 Å². The fraction of sp³-hybridized carbons (Fsp3) is 0. The van der Waals surface area contributed by atoms with Crippen LogP contribution in [0.25, 0.3) is 66.3 Å². The number of rotatable bonds is 3. The molecule has 0 unspecified atom stereocenters. The Morgan fingerprint density at radius 2 is 1.08 bits per heavy atom. The minimum Gasteiger partial charge on any atom is -0.314 e. The van der Waals surface area contributed by atoms with Crippen LogP contribution in [0.1, 0.15) is 0 Å². The number of hydrogen-bond acceptors (Lipinski definition) is 1. The number of nitrogens with zero attached hydrogens (tertiary/aromatic N) is 3. The number of aromatic nitrogens is 3. The standard InChI is InChI=1S/C35H23N3/c1-3-13-24(14-4-1)29-23-36-35(27-18-8-7-17-26(27)29)38-30-20-10-9-19-28(30)33-34(38)32(25-15-5-2-6-16-25)31-21-11-12-22-37(31)33/h1-23H. The van der Waals surface area contributed by atoms with Crippen LogP contribution in [0.5, 0.6) is 0 Å². The summed E-state index contributed by atoms with van der Waals surface area (Å²) in [6, 6.07) is 45.0. The van der Waals surface area contributed by atoms with Crippen molar-refractivity contribution in [3.8, 4) is 28.1 Å². The Labute approximate surface area is 219 Å². The van der Waals surface area contributed by atoms with Crippen LogP contribution in [0.3, 0.4) is 0 Å². The highest BCUT2D eigenvalue weighted by Crippen LogP contribution is 2.43. The van der Waals surface area contributed by atoms with Gasteiger partial charge in [0.15, 0.2) is 0 Å². The van der Waals surface area contributed by atoms with Crippen molar-refractivity contribution in [1.29, 1.82) is 0 Å². The summed E-state index contributed by atoms with van der Waals surface area (Å²) < 4.78 is 4.70. The Balaban J connectivity index is 1.57. The third kappa shape index (κ3) is 2.93. The summed E-state index contributed by atoms with van der Waals surface area (Å²) in [6.45, 7) is 0. The number of para-hydroxylation sites is 1. The molecule has 4 heterocycles. The Bertz CT molecular complexity index is 2120. The lowest BCUT2D eigenvalue weighted by Crippen LogP contribution is -2.00. The van der Waals surface area contributed by atoms with Crippen LogP contribution in [0.2, 0.25) is 0 Å². The quantitative estimate of drug-likeness (QED) is 0.245. The average Bonchev–Trinajstić information content (AvgIpc) is 3.50. The molecule has 3 heteroatoms. The zero-order valence-electron chi connectivity index (χ0n) is 20.6. The van der Waals surface area contributed by atoms with Crippen molar-refractivity contribution < 1.29 is 0 Å². The molecule has 178 valence electrons. The van der Waals surface area contributed by atoms with Gasteiger partial charge in [-0.25, -0.2) is 4.98 Å². The van der Waals surface area contributed by atoms with Gasteiger partial charge in [-0.15, -0.1) is 0 Å². The second-order valence-corrected chi connectivity index (χ2v) is 9.65. The molecule has 0 bridgehead atoms. The van der Waals surface area contributed by atoms with Crippen molar-refractivity contribution in [2.45, 2.75) is 0 Å². The summed E-state index contributed by atoms with van der Waals surface area (Å²) in [5, 5.41) is 3.54. The van der Waals surface area contributed by atoms with E-state index < -0.39 is 0 Å². The Morgan fingerprint density at radius 1 is 0.474 bits per heavy atom. The molecule has 8 aromatic rings. The van der Waals surface area contributed by atoms with Crippen molar-refractivity contribution >= 4 is 38.2 Å². The van der Waals surface area contributed by atoms with E-state index in [4.69, 9.17) is 4.98 Å². The molecule has 38 heavy (non-hydrogen) atoms. The summed E-state index contributed by atoms with van der Waals surface area (Å²) in [5.74, 6) is 0.944. The third-order valence-electron chi connectivity index (χ3n) is 7.57. The summed E-state index contributed by atoms with van der Waals surface area (Å²) in [4.78, 5) is 5.18. The molecule has 0 aliphatic carbocycles. The van der Waals surface area contributed by atoms with Crippen LogP contribution >= 0.6 is 0 Å². The van der Waals surface area contributed by atoms with E-state index >= 15 is 0 Å². The van der Waals surface area contributed by atoms with Crippen LogP contribution in [0, 0.1) is 0 Å². The minimum absolute atomic E-state index is 0.944. The van der Waals surface area contributed by atoms with Gasteiger partial charge in [-0.05, 0) is 34.7 Å². The molecule has 0 saturated carbocycles. The van der Waals surface area contributed by atoms with E-state index in [0.717, 1.165) is 22.3 Å². The second-order valence-electron chi connectivity index (χ2n) is 9.65. The van der Waals surface area contributed by atoms with Gasteiger partial charge in [0, 0.05) is 34.3 Å². The highest BCUT2D eigenvalue weighted by molar-refractivity contribution is 6.18. The monoisotopic (exact) mass is 485 g/mol.